The summed E-state index contributed by atoms with van der Waals surface area (Å²) >= 11 is 0. The van der Waals surface area contributed by atoms with Gasteiger partial charge >= 0.3 is 0 Å². The molecule has 0 bridgehead atoms. The van der Waals surface area contributed by atoms with E-state index in [1.807, 2.05) is 0 Å². The highest BCUT2D eigenvalue weighted by molar-refractivity contribution is 7.89. The van der Waals surface area contributed by atoms with Crippen molar-refractivity contribution in [3.8, 4) is 0 Å². The molecule has 0 saturated carbocycles. The summed E-state index contributed by atoms with van der Waals surface area (Å²) < 4.78 is 22.5. The largest absolute Gasteiger partial charge is 0.276 e. The molecule has 16 heavy (non-hydrogen) atoms. The minimum Gasteiger partial charge on any atom is -0.276 e. The highest BCUT2D eigenvalue weighted by Crippen LogP contribution is 2.16. The van der Waals surface area contributed by atoms with E-state index in [0.29, 0.717) is 12.1 Å². The van der Waals surface area contributed by atoms with Crippen molar-refractivity contribution in [1.29, 1.82) is 0 Å². The Morgan fingerprint density at radius 3 is 2.31 bits per heavy atom. The summed E-state index contributed by atoms with van der Waals surface area (Å²) in [6.07, 6.45) is 0.463. The molecule has 0 atom stereocenters. The van der Waals surface area contributed by atoms with Gasteiger partial charge in [0.25, 0.3) is 10.0 Å². The average molecular weight is 245 g/mol. The molecule has 7 nitrogen and oxygen atoms in total. The molecule has 0 saturated heterocycles. The molecule has 1 aromatic rings. The minimum absolute atomic E-state index is 0.000650. The fraction of sp³-hybridized carbons (Fsp3) is 0.125. The Bertz CT molecular complexity index is 457. The Kier molecular flexibility index (Phi) is 3.96. The molecule has 1 rings (SSSR count). The molecule has 1 amide bonds. The summed E-state index contributed by atoms with van der Waals surface area (Å²) in [6.45, 7) is 0. The van der Waals surface area contributed by atoms with Crippen molar-refractivity contribution < 1.29 is 18.0 Å². The van der Waals surface area contributed by atoms with Crippen LogP contribution in [0.2, 0.25) is 0 Å². The summed E-state index contributed by atoms with van der Waals surface area (Å²) in [6, 6.07) is 5.45. The molecular formula is C8H11N3O4S. The van der Waals surface area contributed by atoms with Gasteiger partial charge in [0.05, 0.1) is 17.7 Å². The fourth-order valence-electron chi connectivity index (χ4n) is 1.05. The van der Waals surface area contributed by atoms with Crippen molar-refractivity contribution in [2.24, 2.45) is 5.84 Å². The van der Waals surface area contributed by atoms with Crippen molar-refractivity contribution in [3.05, 3.63) is 24.3 Å². The van der Waals surface area contributed by atoms with Crippen LogP contribution in [-0.4, -0.2) is 21.9 Å². The topological polar surface area (TPSA) is 102 Å². The molecule has 1 aromatic carbocycles. The van der Waals surface area contributed by atoms with E-state index in [-0.39, 0.29) is 4.90 Å². The van der Waals surface area contributed by atoms with Gasteiger partial charge in [-0.2, -0.15) is 9.89 Å². The normalized spacial score (nSPS) is 11.1. The fourth-order valence-corrected chi connectivity index (χ4v) is 1.68. The summed E-state index contributed by atoms with van der Waals surface area (Å²) in [7, 11) is -2.35. The number of hydrogen-bond acceptors (Lipinski definition) is 5. The number of carbonyl (C=O) groups is 1. The number of nitrogens with zero attached hydrogens (tertiary/aromatic N) is 1. The lowest BCUT2D eigenvalue weighted by Crippen LogP contribution is -2.30. The van der Waals surface area contributed by atoms with Crippen LogP contribution < -0.4 is 15.7 Å². The maximum Gasteiger partial charge on any atom is 0.253 e. The maximum atomic E-state index is 11.3. The summed E-state index contributed by atoms with van der Waals surface area (Å²) in [4.78, 5) is 16.9. The first kappa shape index (κ1) is 12.6. The smallest absolute Gasteiger partial charge is 0.253 e. The van der Waals surface area contributed by atoms with Crippen LogP contribution in [0.3, 0.4) is 0 Å². The SMILES string of the molecule is CON(C=O)c1ccc(S(=O)(=O)NN)cc1. The number of anilines is 1. The van der Waals surface area contributed by atoms with E-state index in [0.717, 1.165) is 5.06 Å². The number of amides is 1. The summed E-state index contributed by atoms with van der Waals surface area (Å²) in [5, 5.41) is 0.951. The van der Waals surface area contributed by atoms with Gasteiger partial charge in [-0.25, -0.2) is 8.42 Å². The van der Waals surface area contributed by atoms with Crippen LogP contribution in [0, 0.1) is 0 Å². The highest BCUT2D eigenvalue weighted by Gasteiger charge is 2.12. The van der Waals surface area contributed by atoms with Crippen LogP contribution in [0.25, 0.3) is 0 Å². The zero-order valence-electron chi connectivity index (χ0n) is 8.45. The molecule has 0 aromatic heterocycles. The zero-order valence-corrected chi connectivity index (χ0v) is 9.27. The van der Waals surface area contributed by atoms with Gasteiger partial charge in [-0.1, -0.05) is 0 Å². The number of rotatable bonds is 5. The van der Waals surface area contributed by atoms with E-state index in [1.165, 1.54) is 31.4 Å². The van der Waals surface area contributed by atoms with Crippen LogP contribution >= 0.6 is 0 Å². The lowest BCUT2D eigenvalue weighted by molar-refractivity contribution is -0.112. The Hall–Kier alpha value is -1.48. The molecule has 0 aliphatic heterocycles. The molecule has 88 valence electrons. The van der Waals surface area contributed by atoms with E-state index < -0.39 is 10.0 Å². The molecular weight excluding hydrogens is 234 g/mol. The van der Waals surface area contributed by atoms with Crippen molar-refractivity contribution in [2.75, 3.05) is 12.2 Å². The Morgan fingerprint density at radius 1 is 1.38 bits per heavy atom. The quantitative estimate of drug-likeness (QED) is 0.408. The van der Waals surface area contributed by atoms with Gasteiger partial charge in [0.2, 0.25) is 6.41 Å². The Labute approximate surface area is 92.8 Å². The molecule has 8 heteroatoms. The van der Waals surface area contributed by atoms with Gasteiger partial charge in [-0.05, 0) is 24.3 Å². The number of sulfonamides is 1. The lowest BCUT2D eigenvalue weighted by atomic mass is 10.3. The van der Waals surface area contributed by atoms with Crippen LogP contribution in [0.1, 0.15) is 0 Å². The number of nitrogens with one attached hydrogen (secondary N) is 1. The van der Waals surface area contributed by atoms with Crippen molar-refractivity contribution >= 4 is 22.1 Å². The zero-order chi connectivity index (χ0) is 12.2. The second-order valence-electron chi connectivity index (χ2n) is 2.73. The minimum atomic E-state index is -3.67. The Morgan fingerprint density at radius 2 is 1.94 bits per heavy atom. The predicted molar refractivity (Wildman–Crippen MR) is 56.5 cm³/mol. The second-order valence-corrected chi connectivity index (χ2v) is 4.44. The summed E-state index contributed by atoms with van der Waals surface area (Å²) in [5.74, 6) is 4.86. The number of hydroxylamine groups is 1. The van der Waals surface area contributed by atoms with Crippen LogP contribution in [0.5, 0.6) is 0 Å². The van der Waals surface area contributed by atoms with Gasteiger partial charge in [0.15, 0.2) is 0 Å². The third kappa shape index (κ3) is 2.55. The lowest BCUT2D eigenvalue weighted by Gasteiger charge is -2.13. The Balaban J connectivity index is 3.04. The molecule has 0 aliphatic rings. The van der Waals surface area contributed by atoms with E-state index in [9.17, 15) is 13.2 Å². The predicted octanol–water partition coefficient (Wildman–Crippen LogP) is -0.637. The first-order chi connectivity index (χ1) is 7.55. The van der Waals surface area contributed by atoms with Crippen LogP contribution in [0.15, 0.2) is 29.2 Å². The number of nitrogens with two attached hydrogens (primary N) is 1. The van der Waals surface area contributed by atoms with E-state index in [1.54, 1.807) is 4.83 Å². The van der Waals surface area contributed by atoms with Gasteiger partial charge in [-0.3, -0.25) is 15.5 Å². The molecule has 0 unspecified atom stereocenters. The van der Waals surface area contributed by atoms with Gasteiger partial charge in [-0.15, -0.1) is 0 Å². The maximum absolute atomic E-state index is 11.3. The van der Waals surface area contributed by atoms with Crippen molar-refractivity contribution in [1.82, 2.24) is 4.83 Å². The standard InChI is InChI=1S/C8H11N3O4S/c1-15-11(6-12)7-2-4-8(5-3-7)16(13,14)10-9/h2-6,10H,9H2,1H3. The number of hydrogen-bond donors (Lipinski definition) is 2. The van der Waals surface area contributed by atoms with E-state index in [2.05, 4.69) is 0 Å². The molecule has 0 spiro atoms. The second kappa shape index (κ2) is 5.03. The monoisotopic (exact) mass is 245 g/mol. The molecule has 0 heterocycles. The molecule has 0 aliphatic carbocycles. The molecule has 0 fully saturated rings. The van der Waals surface area contributed by atoms with E-state index >= 15 is 0 Å². The number of hydrazine groups is 1. The molecule has 3 N–H and O–H groups in total. The average Bonchev–Trinajstić information content (AvgIpc) is 2.31. The van der Waals surface area contributed by atoms with Crippen molar-refractivity contribution in [2.45, 2.75) is 4.90 Å². The number of carbonyl (C=O) groups excluding carboxylic acids is 1. The first-order valence-electron chi connectivity index (χ1n) is 4.16. The number of benzene rings is 1. The highest BCUT2D eigenvalue weighted by atomic mass is 32.2. The van der Waals surface area contributed by atoms with E-state index in [4.69, 9.17) is 10.7 Å². The first-order valence-corrected chi connectivity index (χ1v) is 5.64. The molecule has 0 radical (unpaired) electrons. The third-order valence-electron chi connectivity index (χ3n) is 1.85. The third-order valence-corrected chi connectivity index (χ3v) is 3.05. The van der Waals surface area contributed by atoms with Gasteiger partial charge in [0.1, 0.15) is 0 Å². The van der Waals surface area contributed by atoms with Crippen LogP contribution in [-0.2, 0) is 19.7 Å². The van der Waals surface area contributed by atoms with Gasteiger partial charge < -0.3 is 0 Å². The summed E-state index contributed by atoms with van der Waals surface area (Å²) in [5.41, 5.74) is 0.411. The van der Waals surface area contributed by atoms with Crippen LogP contribution in [0.4, 0.5) is 5.69 Å². The van der Waals surface area contributed by atoms with Crippen molar-refractivity contribution in [3.63, 3.8) is 0 Å². The van der Waals surface area contributed by atoms with Gasteiger partial charge in [0, 0.05) is 0 Å².